The molecule has 1 aromatic heterocycles. The van der Waals surface area contributed by atoms with Crippen molar-refractivity contribution in [2.24, 2.45) is 7.05 Å². The van der Waals surface area contributed by atoms with Crippen LogP contribution in [0.1, 0.15) is 18.3 Å². The first kappa shape index (κ1) is 13.1. The summed E-state index contributed by atoms with van der Waals surface area (Å²) in [6.07, 6.45) is 0.950. The summed E-state index contributed by atoms with van der Waals surface area (Å²) in [6.45, 7) is 4.13. The first-order chi connectivity index (χ1) is 8.58. The highest BCUT2D eigenvalue weighted by Gasteiger charge is 2.13. The number of hydrogen-bond acceptors (Lipinski definition) is 2. The minimum atomic E-state index is 0.884. The first-order valence-corrected chi connectivity index (χ1v) is 6.73. The molecule has 0 atom stereocenters. The lowest BCUT2D eigenvalue weighted by Gasteiger charge is -2.10. The van der Waals surface area contributed by atoms with Crippen LogP contribution in [0, 0.1) is 6.92 Å². The highest BCUT2D eigenvalue weighted by molar-refractivity contribution is 9.10. The zero-order valence-corrected chi connectivity index (χ0v) is 12.7. The van der Waals surface area contributed by atoms with Crippen molar-refractivity contribution < 1.29 is 4.74 Å². The minimum absolute atomic E-state index is 0.884. The molecule has 1 heterocycles. The Morgan fingerprint density at radius 1 is 1.39 bits per heavy atom. The van der Waals surface area contributed by atoms with E-state index in [1.807, 2.05) is 20.0 Å². The van der Waals surface area contributed by atoms with Crippen molar-refractivity contribution in [2.45, 2.75) is 20.3 Å². The maximum atomic E-state index is 5.36. The van der Waals surface area contributed by atoms with E-state index in [4.69, 9.17) is 4.74 Å². The Kier molecular flexibility index (Phi) is 3.76. The molecule has 2 rings (SSSR count). The predicted octanol–water partition coefficient (Wildman–Crippen LogP) is 3.73. The van der Waals surface area contributed by atoms with Gasteiger partial charge in [0.1, 0.15) is 16.2 Å². The van der Waals surface area contributed by atoms with Crippen molar-refractivity contribution in [3.63, 3.8) is 0 Å². The topological polar surface area (TPSA) is 27.1 Å². The molecule has 0 N–H and O–H groups in total. The third-order valence-electron chi connectivity index (χ3n) is 3.21. The van der Waals surface area contributed by atoms with E-state index >= 15 is 0 Å². The highest BCUT2D eigenvalue weighted by atomic mass is 79.9. The Labute approximate surface area is 116 Å². The Balaban J connectivity index is 2.58. The number of aryl methyl sites for hydroxylation is 2. The minimum Gasteiger partial charge on any atom is -0.496 e. The maximum absolute atomic E-state index is 5.36. The van der Waals surface area contributed by atoms with Crippen LogP contribution in [0.4, 0.5) is 0 Å². The third kappa shape index (κ3) is 2.17. The van der Waals surface area contributed by atoms with Gasteiger partial charge < -0.3 is 9.30 Å². The van der Waals surface area contributed by atoms with Crippen LogP contribution in [0.2, 0.25) is 0 Å². The number of hydrogen-bond donors (Lipinski definition) is 0. The fourth-order valence-electron chi connectivity index (χ4n) is 2.09. The first-order valence-electron chi connectivity index (χ1n) is 5.94. The molecule has 4 heteroatoms. The molecule has 0 radical (unpaired) electrons. The molecule has 0 saturated heterocycles. The second kappa shape index (κ2) is 5.14. The number of ether oxygens (including phenoxy) is 1. The van der Waals surface area contributed by atoms with Crippen LogP contribution in [0.25, 0.3) is 11.3 Å². The number of nitrogens with zero attached hydrogens (tertiary/aromatic N) is 2. The monoisotopic (exact) mass is 308 g/mol. The average Bonchev–Trinajstić information content (AvgIpc) is 2.62. The summed E-state index contributed by atoms with van der Waals surface area (Å²) in [5.74, 6) is 1.93. The quantitative estimate of drug-likeness (QED) is 0.864. The second-order valence-electron chi connectivity index (χ2n) is 4.24. The van der Waals surface area contributed by atoms with Crippen LogP contribution in [-0.4, -0.2) is 16.7 Å². The molecular formula is C14H17BrN2O. The molecule has 0 spiro atoms. The van der Waals surface area contributed by atoms with E-state index in [1.165, 1.54) is 5.56 Å². The summed E-state index contributed by atoms with van der Waals surface area (Å²) < 4.78 is 8.33. The van der Waals surface area contributed by atoms with E-state index in [0.717, 1.165) is 33.9 Å². The van der Waals surface area contributed by atoms with Gasteiger partial charge in [-0.3, -0.25) is 0 Å². The lowest BCUT2D eigenvalue weighted by Crippen LogP contribution is -1.96. The molecule has 0 aliphatic heterocycles. The molecule has 0 fully saturated rings. The normalized spacial score (nSPS) is 10.7. The van der Waals surface area contributed by atoms with E-state index in [2.05, 4.69) is 44.5 Å². The number of aromatic nitrogens is 2. The molecular weight excluding hydrogens is 292 g/mol. The molecule has 0 saturated carbocycles. The van der Waals surface area contributed by atoms with Crippen molar-refractivity contribution in [1.29, 1.82) is 0 Å². The molecule has 0 bridgehead atoms. The summed E-state index contributed by atoms with van der Waals surface area (Å²) >= 11 is 3.52. The van der Waals surface area contributed by atoms with Gasteiger partial charge in [-0.25, -0.2) is 4.98 Å². The van der Waals surface area contributed by atoms with E-state index in [0.29, 0.717) is 0 Å². The van der Waals surface area contributed by atoms with Gasteiger partial charge in [0.25, 0.3) is 0 Å². The van der Waals surface area contributed by atoms with E-state index in [9.17, 15) is 0 Å². The fourth-order valence-corrected chi connectivity index (χ4v) is 2.84. The van der Waals surface area contributed by atoms with Gasteiger partial charge in [-0.2, -0.15) is 0 Å². The van der Waals surface area contributed by atoms with Crippen molar-refractivity contribution in [3.05, 3.63) is 34.2 Å². The van der Waals surface area contributed by atoms with Crippen molar-refractivity contribution in [3.8, 4) is 17.0 Å². The van der Waals surface area contributed by atoms with E-state index in [1.54, 1.807) is 7.11 Å². The number of benzene rings is 1. The number of methoxy groups -OCH3 is 1. The SMILES string of the molecule is CCc1cc(-c2c(Br)nc(C)n2C)ccc1OC. The second-order valence-corrected chi connectivity index (χ2v) is 4.99. The molecule has 18 heavy (non-hydrogen) atoms. The largest absolute Gasteiger partial charge is 0.496 e. The smallest absolute Gasteiger partial charge is 0.132 e. The summed E-state index contributed by atoms with van der Waals surface area (Å²) in [7, 11) is 3.73. The summed E-state index contributed by atoms with van der Waals surface area (Å²) in [4.78, 5) is 4.43. The number of halogens is 1. The molecule has 1 aromatic carbocycles. The standard InChI is InChI=1S/C14H17BrN2O/c1-5-10-8-11(6-7-12(10)18-4)13-14(15)16-9(2)17(13)3/h6-8H,5H2,1-4H3. The molecule has 0 aliphatic rings. The van der Waals surface area contributed by atoms with E-state index < -0.39 is 0 Å². The lowest BCUT2D eigenvalue weighted by atomic mass is 10.1. The number of imidazole rings is 1. The summed E-state index contributed by atoms with van der Waals surface area (Å²) in [5, 5.41) is 0. The molecule has 0 unspecified atom stereocenters. The van der Waals surface area contributed by atoms with Crippen LogP contribution < -0.4 is 4.74 Å². The van der Waals surface area contributed by atoms with Crippen molar-refractivity contribution >= 4 is 15.9 Å². The Bertz CT molecular complexity index is 575. The molecule has 3 nitrogen and oxygen atoms in total. The van der Waals surface area contributed by atoms with Crippen LogP contribution in [0.3, 0.4) is 0 Å². The highest BCUT2D eigenvalue weighted by Crippen LogP contribution is 2.31. The van der Waals surface area contributed by atoms with Gasteiger partial charge in [-0.05, 0) is 53.0 Å². The van der Waals surface area contributed by atoms with Gasteiger partial charge >= 0.3 is 0 Å². The zero-order valence-electron chi connectivity index (χ0n) is 11.1. The average molecular weight is 309 g/mol. The van der Waals surface area contributed by atoms with E-state index in [-0.39, 0.29) is 0 Å². The number of rotatable bonds is 3. The van der Waals surface area contributed by atoms with Crippen LogP contribution in [-0.2, 0) is 13.5 Å². The third-order valence-corrected chi connectivity index (χ3v) is 3.76. The molecule has 0 aliphatic carbocycles. The summed E-state index contributed by atoms with van der Waals surface area (Å²) in [6, 6.07) is 6.25. The van der Waals surface area contributed by atoms with Gasteiger partial charge in [0.05, 0.1) is 12.8 Å². The zero-order chi connectivity index (χ0) is 13.3. The van der Waals surface area contributed by atoms with Crippen LogP contribution in [0.5, 0.6) is 5.75 Å². The molecule has 2 aromatic rings. The fraction of sp³-hybridized carbons (Fsp3) is 0.357. The predicted molar refractivity (Wildman–Crippen MR) is 77.0 cm³/mol. The van der Waals surface area contributed by atoms with Gasteiger partial charge in [0.15, 0.2) is 0 Å². The van der Waals surface area contributed by atoms with Crippen molar-refractivity contribution in [1.82, 2.24) is 9.55 Å². The molecule has 96 valence electrons. The molecule has 0 amide bonds. The van der Waals surface area contributed by atoms with Crippen molar-refractivity contribution in [2.75, 3.05) is 7.11 Å². The van der Waals surface area contributed by atoms with Gasteiger partial charge in [-0.15, -0.1) is 0 Å². The Morgan fingerprint density at radius 2 is 2.11 bits per heavy atom. The van der Waals surface area contributed by atoms with Gasteiger partial charge in [0, 0.05) is 12.6 Å². The van der Waals surface area contributed by atoms with Gasteiger partial charge in [0.2, 0.25) is 0 Å². The Hall–Kier alpha value is -1.29. The lowest BCUT2D eigenvalue weighted by molar-refractivity contribution is 0.410. The van der Waals surface area contributed by atoms with Crippen LogP contribution >= 0.6 is 15.9 Å². The maximum Gasteiger partial charge on any atom is 0.132 e. The summed E-state index contributed by atoms with van der Waals surface area (Å²) in [5.41, 5.74) is 3.47. The Morgan fingerprint density at radius 3 is 2.61 bits per heavy atom. The van der Waals surface area contributed by atoms with Gasteiger partial charge in [-0.1, -0.05) is 6.92 Å². The van der Waals surface area contributed by atoms with Crippen LogP contribution in [0.15, 0.2) is 22.8 Å².